The minimum absolute atomic E-state index is 0.0227. The van der Waals surface area contributed by atoms with Gasteiger partial charge in [-0.05, 0) is 43.0 Å². The van der Waals surface area contributed by atoms with Gasteiger partial charge in [-0.2, -0.15) is 0 Å². The third kappa shape index (κ3) is 3.08. The normalized spacial score (nSPS) is 14.1. The van der Waals surface area contributed by atoms with Gasteiger partial charge in [0.25, 0.3) is 5.91 Å². The lowest BCUT2D eigenvalue weighted by Gasteiger charge is -2.14. The van der Waals surface area contributed by atoms with E-state index in [2.05, 4.69) is 28.5 Å². The Morgan fingerprint density at radius 2 is 1.91 bits per heavy atom. The molecular formula is C17H20N4O. The first kappa shape index (κ1) is 14.5. The Balaban J connectivity index is 1.72. The second-order valence-corrected chi connectivity index (χ2v) is 5.44. The summed E-state index contributed by atoms with van der Waals surface area (Å²) in [7, 11) is 0. The second kappa shape index (κ2) is 6.56. The lowest BCUT2D eigenvalue weighted by Crippen LogP contribution is -2.28. The van der Waals surface area contributed by atoms with Gasteiger partial charge in [0.15, 0.2) is 11.5 Å². The van der Waals surface area contributed by atoms with Crippen molar-refractivity contribution in [2.45, 2.75) is 26.2 Å². The molecule has 2 heterocycles. The maximum absolute atomic E-state index is 12.2. The van der Waals surface area contributed by atoms with E-state index in [1.807, 2.05) is 29.2 Å². The molecule has 1 aromatic heterocycles. The molecule has 22 heavy (non-hydrogen) atoms. The number of amides is 1. The minimum atomic E-state index is -0.0227. The van der Waals surface area contributed by atoms with Gasteiger partial charge in [0.05, 0.1) is 0 Å². The van der Waals surface area contributed by atoms with Crippen LogP contribution >= 0.6 is 0 Å². The topological polar surface area (TPSA) is 58.1 Å². The zero-order valence-electron chi connectivity index (χ0n) is 12.7. The molecule has 1 amide bonds. The van der Waals surface area contributed by atoms with Gasteiger partial charge in [-0.25, -0.2) is 0 Å². The van der Waals surface area contributed by atoms with E-state index in [1.165, 1.54) is 5.56 Å². The number of hydrogen-bond donors (Lipinski definition) is 1. The summed E-state index contributed by atoms with van der Waals surface area (Å²) < 4.78 is 0. The zero-order chi connectivity index (χ0) is 15.4. The van der Waals surface area contributed by atoms with E-state index in [9.17, 15) is 4.79 Å². The number of aromatic nitrogens is 2. The molecular weight excluding hydrogens is 276 g/mol. The smallest absolute Gasteiger partial charge is 0.274 e. The summed E-state index contributed by atoms with van der Waals surface area (Å²) in [6, 6.07) is 11.7. The fourth-order valence-corrected chi connectivity index (χ4v) is 2.68. The molecule has 5 nitrogen and oxygen atoms in total. The van der Waals surface area contributed by atoms with E-state index >= 15 is 0 Å². The molecule has 0 saturated carbocycles. The fraction of sp³-hybridized carbons (Fsp3) is 0.353. The predicted octanol–water partition coefficient (Wildman–Crippen LogP) is 3.02. The molecule has 114 valence electrons. The van der Waals surface area contributed by atoms with Crippen molar-refractivity contribution >= 4 is 17.4 Å². The third-order valence-corrected chi connectivity index (χ3v) is 3.94. The van der Waals surface area contributed by atoms with Gasteiger partial charge >= 0.3 is 0 Å². The molecule has 0 bridgehead atoms. The highest BCUT2D eigenvalue weighted by Crippen LogP contribution is 2.20. The van der Waals surface area contributed by atoms with E-state index in [-0.39, 0.29) is 5.91 Å². The number of carbonyl (C=O) groups is 1. The highest BCUT2D eigenvalue weighted by atomic mass is 16.2. The zero-order valence-corrected chi connectivity index (χ0v) is 12.7. The highest BCUT2D eigenvalue weighted by molar-refractivity contribution is 5.92. The van der Waals surface area contributed by atoms with Gasteiger partial charge in [0.2, 0.25) is 0 Å². The molecule has 1 fully saturated rings. The minimum Gasteiger partial charge on any atom is -0.339 e. The van der Waals surface area contributed by atoms with Gasteiger partial charge in [-0.1, -0.05) is 25.1 Å². The first-order chi connectivity index (χ1) is 10.8. The lowest BCUT2D eigenvalue weighted by molar-refractivity contribution is 0.0786. The van der Waals surface area contributed by atoms with Gasteiger partial charge in [0.1, 0.15) is 0 Å². The molecule has 1 N–H and O–H groups in total. The van der Waals surface area contributed by atoms with Crippen molar-refractivity contribution in [3.8, 4) is 0 Å². The predicted molar refractivity (Wildman–Crippen MR) is 86.3 cm³/mol. The number of nitrogens with one attached hydrogen (secondary N) is 1. The van der Waals surface area contributed by atoms with Gasteiger partial charge in [-0.3, -0.25) is 4.79 Å². The van der Waals surface area contributed by atoms with Crippen molar-refractivity contribution in [1.29, 1.82) is 0 Å². The summed E-state index contributed by atoms with van der Waals surface area (Å²) in [6.07, 6.45) is 3.10. The van der Waals surface area contributed by atoms with Crippen LogP contribution < -0.4 is 5.32 Å². The first-order valence-electron chi connectivity index (χ1n) is 7.76. The van der Waals surface area contributed by atoms with Crippen molar-refractivity contribution in [3.05, 3.63) is 47.7 Å². The number of aryl methyl sites for hydroxylation is 1. The molecule has 3 rings (SSSR count). The summed E-state index contributed by atoms with van der Waals surface area (Å²) >= 11 is 0. The van der Waals surface area contributed by atoms with Crippen LogP contribution in [0, 0.1) is 0 Å². The molecule has 0 spiro atoms. The Hall–Kier alpha value is -2.43. The molecule has 0 unspecified atom stereocenters. The summed E-state index contributed by atoms with van der Waals surface area (Å²) in [5.74, 6) is 0.629. The standard InChI is InChI=1S/C17H20N4O/c1-2-13-7-3-4-8-14(13)18-16-10-9-15(19-20-16)17(22)21-11-5-6-12-21/h3-4,7-10H,2,5-6,11-12H2,1H3,(H,18,20). The second-order valence-electron chi connectivity index (χ2n) is 5.44. The van der Waals surface area contributed by atoms with Gasteiger partial charge < -0.3 is 10.2 Å². The average molecular weight is 296 g/mol. The number of likely N-dealkylation sites (tertiary alicyclic amines) is 1. The largest absolute Gasteiger partial charge is 0.339 e. The Morgan fingerprint density at radius 3 is 2.59 bits per heavy atom. The summed E-state index contributed by atoms with van der Waals surface area (Å²) in [5.41, 5.74) is 2.66. The van der Waals surface area contributed by atoms with Crippen LogP contribution in [0.4, 0.5) is 11.5 Å². The van der Waals surface area contributed by atoms with Crippen molar-refractivity contribution in [2.75, 3.05) is 18.4 Å². The Kier molecular flexibility index (Phi) is 4.32. The van der Waals surface area contributed by atoms with Crippen LogP contribution in [0.15, 0.2) is 36.4 Å². The molecule has 0 radical (unpaired) electrons. The monoisotopic (exact) mass is 296 g/mol. The van der Waals surface area contributed by atoms with Crippen molar-refractivity contribution in [2.24, 2.45) is 0 Å². The number of para-hydroxylation sites is 1. The molecule has 1 aromatic carbocycles. The summed E-state index contributed by atoms with van der Waals surface area (Å²) in [6.45, 7) is 3.76. The average Bonchev–Trinajstić information content (AvgIpc) is 3.10. The van der Waals surface area contributed by atoms with E-state index in [1.54, 1.807) is 6.07 Å². The molecule has 1 aliphatic rings. The van der Waals surface area contributed by atoms with E-state index < -0.39 is 0 Å². The molecule has 1 aliphatic heterocycles. The Morgan fingerprint density at radius 1 is 1.14 bits per heavy atom. The number of hydrogen-bond acceptors (Lipinski definition) is 4. The quantitative estimate of drug-likeness (QED) is 0.942. The SMILES string of the molecule is CCc1ccccc1Nc1ccc(C(=O)N2CCCC2)nn1. The van der Waals surface area contributed by atoms with Crippen LogP contribution in [0.5, 0.6) is 0 Å². The maximum Gasteiger partial charge on any atom is 0.274 e. The van der Waals surface area contributed by atoms with Crippen LogP contribution in [0.3, 0.4) is 0 Å². The first-order valence-corrected chi connectivity index (χ1v) is 7.76. The van der Waals surface area contributed by atoms with Crippen LogP contribution in [-0.2, 0) is 6.42 Å². The van der Waals surface area contributed by atoms with Crippen LogP contribution in [0.1, 0.15) is 35.8 Å². The lowest BCUT2D eigenvalue weighted by atomic mass is 10.1. The molecule has 0 atom stereocenters. The molecule has 5 heteroatoms. The van der Waals surface area contributed by atoms with Crippen LogP contribution in [-0.4, -0.2) is 34.1 Å². The number of benzene rings is 1. The summed E-state index contributed by atoms with van der Waals surface area (Å²) in [4.78, 5) is 14.1. The van der Waals surface area contributed by atoms with Crippen molar-refractivity contribution in [1.82, 2.24) is 15.1 Å². The van der Waals surface area contributed by atoms with Gasteiger partial charge in [-0.15, -0.1) is 10.2 Å². The Labute approximate surface area is 130 Å². The maximum atomic E-state index is 12.2. The van der Waals surface area contributed by atoms with Crippen LogP contribution in [0.2, 0.25) is 0 Å². The molecule has 0 aliphatic carbocycles. The van der Waals surface area contributed by atoms with Crippen LogP contribution in [0.25, 0.3) is 0 Å². The highest BCUT2D eigenvalue weighted by Gasteiger charge is 2.20. The number of anilines is 2. The van der Waals surface area contributed by atoms with Crippen molar-refractivity contribution in [3.63, 3.8) is 0 Å². The number of carbonyl (C=O) groups excluding carboxylic acids is 1. The van der Waals surface area contributed by atoms with E-state index in [4.69, 9.17) is 0 Å². The van der Waals surface area contributed by atoms with Gasteiger partial charge in [0, 0.05) is 18.8 Å². The van der Waals surface area contributed by atoms with E-state index in [0.29, 0.717) is 11.5 Å². The Bertz CT molecular complexity index is 648. The summed E-state index contributed by atoms with van der Waals surface area (Å²) in [5, 5.41) is 11.5. The molecule has 2 aromatic rings. The number of nitrogens with zero attached hydrogens (tertiary/aromatic N) is 3. The fourth-order valence-electron chi connectivity index (χ4n) is 2.68. The van der Waals surface area contributed by atoms with Crippen molar-refractivity contribution < 1.29 is 4.79 Å². The number of rotatable bonds is 4. The third-order valence-electron chi connectivity index (χ3n) is 3.94. The van der Waals surface area contributed by atoms with E-state index in [0.717, 1.165) is 38.0 Å². The molecule has 1 saturated heterocycles.